The molecule has 2 aromatic rings. The van der Waals surface area contributed by atoms with Gasteiger partial charge in [-0.3, -0.25) is 9.32 Å². The molecule has 2 aliphatic heterocycles. The Morgan fingerprint density at radius 1 is 1.34 bits per heavy atom. The van der Waals surface area contributed by atoms with E-state index >= 15 is 0 Å². The summed E-state index contributed by atoms with van der Waals surface area (Å²) in [6, 6.07) is 1.45. The Morgan fingerprint density at radius 2 is 2.07 bits per heavy atom. The summed E-state index contributed by atoms with van der Waals surface area (Å²) < 4.78 is 31.0. The minimum absolute atomic E-state index is 0.0939. The molecule has 2 aliphatic rings. The SMILES string of the molecule is Nc1cc2c(ncn2[C@@H]2O[C@H](COP(=O)(O)N3CCOCC3)[C@@H](O)[C@H]2O)c(=O)[nH]1. The summed E-state index contributed by atoms with van der Waals surface area (Å²) in [5, 5.41) is 20.7. The van der Waals surface area contributed by atoms with E-state index < -0.39 is 44.5 Å². The smallest absolute Gasteiger partial charge is 0.387 e. The van der Waals surface area contributed by atoms with Crippen LogP contribution in [0, 0.1) is 0 Å². The number of anilines is 1. The monoisotopic (exact) mass is 431 g/mol. The quantitative estimate of drug-likeness (QED) is 0.342. The van der Waals surface area contributed by atoms with Crippen LogP contribution >= 0.6 is 7.75 Å². The predicted octanol–water partition coefficient (Wildman–Crippen LogP) is -1.62. The van der Waals surface area contributed by atoms with Crippen LogP contribution in [0.4, 0.5) is 5.82 Å². The van der Waals surface area contributed by atoms with Gasteiger partial charge in [0.15, 0.2) is 11.7 Å². The molecule has 0 aromatic carbocycles. The van der Waals surface area contributed by atoms with Gasteiger partial charge < -0.3 is 39.9 Å². The van der Waals surface area contributed by atoms with E-state index in [4.69, 9.17) is 19.7 Å². The van der Waals surface area contributed by atoms with Crippen molar-refractivity contribution in [2.45, 2.75) is 24.5 Å². The zero-order valence-corrected chi connectivity index (χ0v) is 16.1. The van der Waals surface area contributed by atoms with Crippen LogP contribution in [-0.4, -0.2) is 85.5 Å². The highest BCUT2D eigenvalue weighted by atomic mass is 31.2. The molecule has 0 radical (unpaired) electrons. The van der Waals surface area contributed by atoms with Crippen LogP contribution in [0.15, 0.2) is 17.2 Å². The van der Waals surface area contributed by atoms with Crippen molar-refractivity contribution in [2.75, 3.05) is 38.6 Å². The molecule has 5 atom stereocenters. The fraction of sp³-hybridized carbons (Fsp3) is 0.600. The third-order valence-electron chi connectivity index (χ3n) is 4.96. The number of aliphatic hydroxyl groups excluding tert-OH is 2. The Labute approximate surface area is 164 Å². The Hall–Kier alpha value is -1.83. The van der Waals surface area contributed by atoms with Crippen molar-refractivity contribution >= 4 is 24.6 Å². The van der Waals surface area contributed by atoms with Gasteiger partial charge in [0.05, 0.1) is 31.7 Å². The summed E-state index contributed by atoms with van der Waals surface area (Å²) >= 11 is 0. The van der Waals surface area contributed by atoms with E-state index in [-0.39, 0.29) is 24.4 Å². The van der Waals surface area contributed by atoms with Crippen LogP contribution in [0.3, 0.4) is 0 Å². The van der Waals surface area contributed by atoms with Gasteiger partial charge >= 0.3 is 7.75 Å². The van der Waals surface area contributed by atoms with E-state index in [9.17, 15) is 24.5 Å². The Balaban J connectivity index is 1.50. The number of imidazole rings is 1. The number of nitrogens with one attached hydrogen (secondary N) is 1. The van der Waals surface area contributed by atoms with Crippen molar-refractivity contribution in [2.24, 2.45) is 0 Å². The molecule has 13 nitrogen and oxygen atoms in total. The van der Waals surface area contributed by atoms with Crippen molar-refractivity contribution < 1.29 is 33.7 Å². The molecule has 0 saturated carbocycles. The Bertz CT molecular complexity index is 989. The number of rotatable bonds is 5. The molecule has 0 spiro atoms. The van der Waals surface area contributed by atoms with Gasteiger partial charge in [-0.2, -0.15) is 0 Å². The third kappa shape index (κ3) is 3.83. The van der Waals surface area contributed by atoms with Crippen LogP contribution in [0.1, 0.15) is 6.23 Å². The molecule has 6 N–H and O–H groups in total. The summed E-state index contributed by atoms with van der Waals surface area (Å²) in [4.78, 5) is 28.5. The second-order valence-corrected chi connectivity index (χ2v) is 8.64. The van der Waals surface area contributed by atoms with Gasteiger partial charge in [0.25, 0.3) is 5.56 Å². The number of nitrogens with zero attached hydrogens (tertiary/aromatic N) is 3. The standard InChI is InChI=1S/C15H22N5O8P/c16-10-5-8-11(14(23)18-10)17-7-20(8)15-13(22)12(21)9(28-15)6-27-29(24,25)19-1-3-26-4-2-19/h5,7,9,12-13,15,21-22H,1-4,6H2,(H,24,25)(H3,16,18,23)/t9-,12-,13-,15-/m1/s1. The molecule has 4 heterocycles. The molecule has 1 unspecified atom stereocenters. The van der Waals surface area contributed by atoms with E-state index in [1.807, 2.05) is 0 Å². The molecule has 160 valence electrons. The Morgan fingerprint density at radius 3 is 2.79 bits per heavy atom. The highest BCUT2D eigenvalue weighted by molar-refractivity contribution is 7.50. The number of nitrogens with two attached hydrogens (primary N) is 1. The molecule has 2 fully saturated rings. The summed E-state index contributed by atoms with van der Waals surface area (Å²) in [5.41, 5.74) is 5.57. The van der Waals surface area contributed by atoms with E-state index in [2.05, 4.69) is 9.97 Å². The first kappa shape index (κ1) is 20.4. The van der Waals surface area contributed by atoms with Crippen molar-refractivity contribution in [1.82, 2.24) is 19.2 Å². The lowest BCUT2D eigenvalue weighted by molar-refractivity contribution is -0.0505. The molecule has 29 heavy (non-hydrogen) atoms. The highest BCUT2D eigenvalue weighted by Crippen LogP contribution is 2.47. The number of aliphatic hydroxyl groups is 2. The topological polar surface area (TPSA) is 185 Å². The van der Waals surface area contributed by atoms with E-state index in [1.165, 1.54) is 21.6 Å². The number of pyridine rings is 1. The first-order valence-electron chi connectivity index (χ1n) is 8.95. The molecular formula is C15H22N5O8P. The number of nitrogen functional groups attached to an aromatic ring is 1. The second-order valence-electron chi connectivity index (χ2n) is 6.84. The number of hydrogen-bond donors (Lipinski definition) is 5. The zero-order valence-electron chi connectivity index (χ0n) is 15.2. The summed E-state index contributed by atoms with van der Waals surface area (Å²) in [5.74, 6) is 0.101. The highest BCUT2D eigenvalue weighted by Gasteiger charge is 2.45. The lowest BCUT2D eigenvalue weighted by atomic mass is 10.1. The average Bonchev–Trinajstić information content (AvgIpc) is 3.23. The number of aromatic nitrogens is 3. The van der Waals surface area contributed by atoms with Crippen molar-refractivity contribution in [3.05, 3.63) is 22.7 Å². The maximum atomic E-state index is 12.4. The molecule has 4 rings (SSSR count). The lowest BCUT2D eigenvalue weighted by Gasteiger charge is -2.30. The fourth-order valence-corrected chi connectivity index (χ4v) is 4.59. The number of H-pyrrole nitrogens is 1. The van der Waals surface area contributed by atoms with Crippen LogP contribution in [0.5, 0.6) is 0 Å². The van der Waals surface area contributed by atoms with Gasteiger partial charge in [-0.05, 0) is 0 Å². The van der Waals surface area contributed by atoms with E-state index in [1.54, 1.807) is 0 Å². The van der Waals surface area contributed by atoms with E-state index in [0.29, 0.717) is 18.7 Å². The zero-order chi connectivity index (χ0) is 20.8. The van der Waals surface area contributed by atoms with Gasteiger partial charge in [0.2, 0.25) is 0 Å². The fourth-order valence-electron chi connectivity index (χ4n) is 3.42. The summed E-state index contributed by atoms with van der Waals surface area (Å²) in [7, 11) is -4.10. The number of hydrogen-bond acceptors (Lipinski definition) is 9. The number of morpholine rings is 1. The van der Waals surface area contributed by atoms with Gasteiger partial charge in [-0.25, -0.2) is 14.2 Å². The predicted molar refractivity (Wildman–Crippen MR) is 98.9 cm³/mol. The van der Waals surface area contributed by atoms with Crippen molar-refractivity contribution in [3.8, 4) is 0 Å². The van der Waals surface area contributed by atoms with Crippen LogP contribution < -0.4 is 11.3 Å². The molecule has 0 amide bonds. The normalized spacial score (nSPS) is 30.6. The second kappa shape index (κ2) is 7.78. The third-order valence-corrected chi connectivity index (χ3v) is 6.56. The molecule has 0 aliphatic carbocycles. The maximum Gasteiger partial charge on any atom is 0.405 e. The number of fused-ring (bicyclic) bond motifs is 1. The number of aromatic amines is 1. The van der Waals surface area contributed by atoms with Crippen molar-refractivity contribution in [3.63, 3.8) is 0 Å². The maximum absolute atomic E-state index is 12.4. The summed E-state index contributed by atoms with van der Waals surface area (Å²) in [6.07, 6.45) is -3.66. The lowest BCUT2D eigenvalue weighted by Crippen LogP contribution is -2.36. The van der Waals surface area contributed by atoms with Gasteiger partial charge in [0.1, 0.15) is 24.1 Å². The largest absolute Gasteiger partial charge is 0.405 e. The van der Waals surface area contributed by atoms with Crippen LogP contribution in [0.25, 0.3) is 11.0 Å². The number of ether oxygens (including phenoxy) is 2. The summed E-state index contributed by atoms with van der Waals surface area (Å²) in [6.45, 7) is 0.684. The van der Waals surface area contributed by atoms with E-state index in [0.717, 1.165) is 0 Å². The van der Waals surface area contributed by atoms with Gasteiger partial charge in [-0.1, -0.05) is 0 Å². The first-order chi connectivity index (χ1) is 13.8. The van der Waals surface area contributed by atoms with Gasteiger partial charge in [0, 0.05) is 19.2 Å². The minimum atomic E-state index is -4.10. The average molecular weight is 431 g/mol. The van der Waals surface area contributed by atoms with Gasteiger partial charge in [-0.15, -0.1) is 0 Å². The molecule has 2 saturated heterocycles. The molecular weight excluding hydrogens is 409 g/mol. The van der Waals surface area contributed by atoms with Crippen molar-refractivity contribution in [1.29, 1.82) is 0 Å². The minimum Gasteiger partial charge on any atom is -0.387 e. The molecule has 14 heteroatoms. The first-order valence-corrected chi connectivity index (χ1v) is 10.5. The van der Waals surface area contributed by atoms with Crippen LogP contribution in [0.2, 0.25) is 0 Å². The molecule has 2 aromatic heterocycles. The van der Waals surface area contributed by atoms with Crippen LogP contribution in [-0.2, 0) is 18.6 Å². The Kier molecular flexibility index (Phi) is 5.48. The molecule has 0 bridgehead atoms.